The Labute approximate surface area is 113 Å². The number of nitrogens with two attached hydrogens (primary N) is 1. The van der Waals surface area contributed by atoms with Crippen LogP contribution in [0, 0.1) is 6.92 Å². The van der Waals surface area contributed by atoms with Gasteiger partial charge in [0.25, 0.3) is 5.91 Å². The fraction of sp³-hybridized carbons (Fsp3) is 0.571. The summed E-state index contributed by atoms with van der Waals surface area (Å²) in [5.74, 6) is 0.641. The first-order valence-corrected chi connectivity index (χ1v) is 6.74. The van der Waals surface area contributed by atoms with E-state index < -0.39 is 0 Å². The zero-order valence-electron chi connectivity index (χ0n) is 11.6. The van der Waals surface area contributed by atoms with Crippen molar-refractivity contribution in [2.45, 2.75) is 39.3 Å². The lowest BCUT2D eigenvalue weighted by Gasteiger charge is -2.20. The molecule has 1 aromatic heterocycles. The van der Waals surface area contributed by atoms with Gasteiger partial charge in [-0.3, -0.25) is 9.78 Å². The summed E-state index contributed by atoms with van der Waals surface area (Å²) in [4.78, 5) is 18.2. The molecule has 2 rings (SSSR count). The van der Waals surface area contributed by atoms with Crippen LogP contribution in [-0.4, -0.2) is 35.0 Å². The zero-order valence-corrected chi connectivity index (χ0v) is 11.6. The molecule has 5 heteroatoms. The van der Waals surface area contributed by atoms with Crippen molar-refractivity contribution in [1.82, 2.24) is 9.88 Å². The van der Waals surface area contributed by atoms with E-state index in [0.29, 0.717) is 24.0 Å². The first-order valence-electron chi connectivity index (χ1n) is 6.74. The molecular weight excluding hydrogens is 242 g/mol. The second-order valence-corrected chi connectivity index (χ2v) is 4.80. The number of pyridine rings is 1. The summed E-state index contributed by atoms with van der Waals surface area (Å²) >= 11 is 0. The first-order chi connectivity index (χ1) is 9.15. The number of aromatic nitrogens is 1. The molecule has 1 fully saturated rings. The molecular formula is C14H21N3O2. The molecule has 0 radical (unpaired) electrons. The smallest absolute Gasteiger partial charge is 0.260 e. The molecule has 0 bridgehead atoms. The quantitative estimate of drug-likeness (QED) is 0.838. The van der Waals surface area contributed by atoms with Crippen LogP contribution in [-0.2, 0) is 11.3 Å². The summed E-state index contributed by atoms with van der Waals surface area (Å²) < 4.78 is 5.57. The van der Waals surface area contributed by atoms with Gasteiger partial charge in [0, 0.05) is 24.8 Å². The predicted octanol–water partition coefficient (Wildman–Crippen LogP) is 1.24. The van der Waals surface area contributed by atoms with Gasteiger partial charge in [-0.15, -0.1) is 0 Å². The van der Waals surface area contributed by atoms with Crippen molar-refractivity contribution < 1.29 is 9.53 Å². The van der Waals surface area contributed by atoms with Crippen LogP contribution in [0.4, 0.5) is 0 Å². The van der Waals surface area contributed by atoms with E-state index in [0.717, 1.165) is 25.1 Å². The van der Waals surface area contributed by atoms with Crippen molar-refractivity contribution in [3.05, 3.63) is 23.5 Å². The molecule has 1 heterocycles. The Morgan fingerprint density at radius 1 is 1.53 bits per heavy atom. The Morgan fingerprint density at radius 3 is 2.84 bits per heavy atom. The SMILES string of the molecule is CCN(C(=O)COc1ccc(C)nc1CN)C1CC1. The van der Waals surface area contributed by atoms with Crippen molar-refractivity contribution in [3.63, 3.8) is 0 Å². The van der Waals surface area contributed by atoms with Crippen LogP contribution in [0.15, 0.2) is 12.1 Å². The van der Waals surface area contributed by atoms with E-state index in [1.54, 1.807) is 0 Å². The highest BCUT2D eigenvalue weighted by Gasteiger charge is 2.31. The van der Waals surface area contributed by atoms with Crippen LogP contribution >= 0.6 is 0 Å². The molecule has 0 spiro atoms. The Morgan fingerprint density at radius 2 is 2.26 bits per heavy atom. The van der Waals surface area contributed by atoms with E-state index in [9.17, 15) is 4.79 Å². The van der Waals surface area contributed by atoms with E-state index in [1.165, 1.54) is 0 Å². The maximum Gasteiger partial charge on any atom is 0.260 e. The molecule has 5 nitrogen and oxygen atoms in total. The van der Waals surface area contributed by atoms with Gasteiger partial charge in [0.15, 0.2) is 6.61 Å². The van der Waals surface area contributed by atoms with Crippen LogP contribution < -0.4 is 10.5 Å². The molecule has 0 aliphatic heterocycles. The van der Waals surface area contributed by atoms with E-state index in [2.05, 4.69) is 4.98 Å². The molecule has 19 heavy (non-hydrogen) atoms. The summed E-state index contributed by atoms with van der Waals surface area (Å²) in [5, 5.41) is 0. The number of hydrogen-bond acceptors (Lipinski definition) is 4. The lowest BCUT2D eigenvalue weighted by Crippen LogP contribution is -2.36. The van der Waals surface area contributed by atoms with Gasteiger partial charge in [0.1, 0.15) is 5.75 Å². The third-order valence-corrected chi connectivity index (χ3v) is 3.26. The van der Waals surface area contributed by atoms with Crippen LogP contribution in [0.1, 0.15) is 31.2 Å². The van der Waals surface area contributed by atoms with Gasteiger partial charge >= 0.3 is 0 Å². The second-order valence-electron chi connectivity index (χ2n) is 4.80. The largest absolute Gasteiger partial charge is 0.482 e. The lowest BCUT2D eigenvalue weighted by atomic mass is 10.3. The van der Waals surface area contributed by atoms with Crippen molar-refractivity contribution >= 4 is 5.91 Å². The molecule has 2 N–H and O–H groups in total. The standard InChI is InChI=1S/C14H21N3O2/c1-3-17(11-5-6-11)14(18)9-19-13-7-4-10(2)16-12(13)8-15/h4,7,11H,3,5-6,8-9,15H2,1-2H3. The number of nitrogens with zero attached hydrogens (tertiary/aromatic N) is 2. The van der Waals surface area contributed by atoms with Gasteiger partial charge < -0.3 is 15.4 Å². The Balaban J connectivity index is 1.96. The zero-order chi connectivity index (χ0) is 13.8. The number of carbonyl (C=O) groups is 1. The number of ether oxygens (including phenoxy) is 1. The van der Waals surface area contributed by atoms with Gasteiger partial charge in [-0.1, -0.05) is 0 Å². The fourth-order valence-corrected chi connectivity index (χ4v) is 2.12. The van der Waals surface area contributed by atoms with E-state index in [-0.39, 0.29) is 12.5 Å². The first kappa shape index (κ1) is 13.8. The number of carbonyl (C=O) groups excluding carboxylic acids is 1. The highest BCUT2D eigenvalue weighted by atomic mass is 16.5. The van der Waals surface area contributed by atoms with Gasteiger partial charge in [0.05, 0.1) is 5.69 Å². The average Bonchev–Trinajstić information content (AvgIpc) is 3.22. The Kier molecular flexibility index (Phi) is 4.37. The predicted molar refractivity (Wildman–Crippen MR) is 72.8 cm³/mol. The summed E-state index contributed by atoms with van der Waals surface area (Å²) in [7, 11) is 0. The van der Waals surface area contributed by atoms with Crippen molar-refractivity contribution in [1.29, 1.82) is 0 Å². The number of aryl methyl sites for hydroxylation is 1. The highest BCUT2D eigenvalue weighted by molar-refractivity contribution is 5.78. The van der Waals surface area contributed by atoms with Crippen LogP contribution in [0.5, 0.6) is 5.75 Å². The van der Waals surface area contributed by atoms with Crippen molar-refractivity contribution in [3.8, 4) is 5.75 Å². The molecule has 0 unspecified atom stereocenters. The summed E-state index contributed by atoms with van der Waals surface area (Å²) in [6, 6.07) is 4.11. The van der Waals surface area contributed by atoms with Gasteiger partial charge in [-0.25, -0.2) is 0 Å². The number of hydrogen-bond donors (Lipinski definition) is 1. The molecule has 1 amide bonds. The average molecular weight is 263 g/mol. The van der Waals surface area contributed by atoms with E-state index in [1.807, 2.05) is 30.9 Å². The fourth-order valence-electron chi connectivity index (χ4n) is 2.12. The molecule has 104 valence electrons. The summed E-state index contributed by atoms with van der Waals surface area (Å²) in [6.45, 7) is 5.01. The minimum Gasteiger partial charge on any atom is -0.482 e. The topological polar surface area (TPSA) is 68.5 Å². The third kappa shape index (κ3) is 3.44. The number of likely N-dealkylation sites (N-methyl/N-ethyl adjacent to an activating group) is 1. The van der Waals surface area contributed by atoms with Gasteiger partial charge in [0.2, 0.25) is 0 Å². The van der Waals surface area contributed by atoms with E-state index >= 15 is 0 Å². The van der Waals surface area contributed by atoms with Crippen molar-refractivity contribution in [2.24, 2.45) is 5.73 Å². The maximum absolute atomic E-state index is 12.0. The summed E-state index contributed by atoms with van der Waals surface area (Å²) in [5.41, 5.74) is 7.22. The van der Waals surface area contributed by atoms with E-state index in [4.69, 9.17) is 10.5 Å². The normalized spacial score (nSPS) is 14.3. The Hall–Kier alpha value is -1.62. The molecule has 0 aromatic carbocycles. The minimum atomic E-state index is 0.0357. The monoisotopic (exact) mass is 263 g/mol. The number of amides is 1. The molecule has 1 aromatic rings. The second kappa shape index (κ2) is 6.02. The maximum atomic E-state index is 12.0. The van der Waals surface area contributed by atoms with Crippen LogP contribution in [0.2, 0.25) is 0 Å². The molecule has 1 saturated carbocycles. The molecule has 1 aliphatic rings. The van der Waals surface area contributed by atoms with Crippen LogP contribution in [0.3, 0.4) is 0 Å². The highest BCUT2D eigenvalue weighted by Crippen LogP contribution is 2.26. The molecule has 0 atom stereocenters. The van der Waals surface area contributed by atoms with Crippen LogP contribution in [0.25, 0.3) is 0 Å². The molecule has 1 aliphatic carbocycles. The Bertz CT molecular complexity index is 458. The third-order valence-electron chi connectivity index (χ3n) is 3.26. The minimum absolute atomic E-state index is 0.0357. The molecule has 0 saturated heterocycles. The lowest BCUT2D eigenvalue weighted by molar-refractivity contribution is -0.133. The van der Waals surface area contributed by atoms with Gasteiger partial charge in [-0.2, -0.15) is 0 Å². The summed E-state index contributed by atoms with van der Waals surface area (Å²) in [6.07, 6.45) is 2.22. The van der Waals surface area contributed by atoms with Gasteiger partial charge in [-0.05, 0) is 38.8 Å². The number of rotatable bonds is 6. The van der Waals surface area contributed by atoms with Crippen molar-refractivity contribution in [2.75, 3.05) is 13.2 Å².